The van der Waals surface area contributed by atoms with Crippen molar-refractivity contribution in [1.82, 2.24) is 0 Å². The standard InChI is InChI=1S/3K.3H2O4S.3H/c;;;3*1-5(2,3)4;;;/h;;;3*(H2,1,2,3,4);;;/q3*+1;;;;3*-1. The van der Waals surface area contributed by atoms with E-state index in [4.69, 9.17) is 52.6 Å². The molecular formula is H9K3O12S3. The Bertz CT molecular complexity index is 356. The summed E-state index contributed by atoms with van der Waals surface area (Å²) in [5.41, 5.74) is 0. The molecule has 0 spiro atoms. The van der Waals surface area contributed by atoms with E-state index < -0.39 is 31.2 Å². The van der Waals surface area contributed by atoms with Gasteiger partial charge >= 0.3 is 185 Å². The van der Waals surface area contributed by atoms with Gasteiger partial charge in [0.2, 0.25) is 0 Å². The van der Waals surface area contributed by atoms with Crippen molar-refractivity contribution in [3.05, 3.63) is 0 Å². The van der Waals surface area contributed by atoms with Crippen LogP contribution in [0, 0.1) is 0 Å². The zero-order valence-corrected chi connectivity index (χ0v) is 21.2. The summed E-state index contributed by atoms with van der Waals surface area (Å²) in [5.74, 6) is 0. The van der Waals surface area contributed by atoms with E-state index in [1.165, 1.54) is 0 Å². The summed E-state index contributed by atoms with van der Waals surface area (Å²) < 4.78 is 94.8. The third-order valence-corrected chi connectivity index (χ3v) is 0. The van der Waals surface area contributed by atoms with Crippen molar-refractivity contribution in [2.75, 3.05) is 0 Å². The molecule has 0 bridgehead atoms. The fourth-order valence-corrected chi connectivity index (χ4v) is 0. The zero-order valence-electron chi connectivity index (χ0n) is 12.4. The Hall–Kier alpha value is 4.52. The summed E-state index contributed by atoms with van der Waals surface area (Å²) in [4.78, 5) is 0. The van der Waals surface area contributed by atoms with Crippen LogP contribution >= 0.6 is 0 Å². The first-order valence-electron chi connectivity index (χ1n) is 2.10. The fraction of sp³-hybridized carbons (Fsp3) is 0. The van der Waals surface area contributed by atoms with Gasteiger partial charge in [-0.3, -0.25) is 27.3 Å². The zero-order chi connectivity index (χ0) is 13.5. The molecule has 102 valence electrons. The number of hydrogen-bond donors (Lipinski definition) is 6. The third-order valence-electron chi connectivity index (χ3n) is 0. The van der Waals surface area contributed by atoms with Crippen molar-refractivity contribution in [1.29, 1.82) is 0 Å². The van der Waals surface area contributed by atoms with Gasteiger partial charge in [-0.2, -0.15) is 25.3 Å². The quantitative estimate of drug-likeness (QED) is 0.160. The van der Waals surface area contributed by atoms with E-state index in [9.17, 15) is 0 Å². The van der Waals surface area contributed by atoms with E-state index in [0.717, 1.165) is 0 Å². The van der Waals surface area contributed by atoms with E-state index in [-0.39, 0.29) is 158 Å². The van der Waals surface area contributed by atoms with E-state index in [1.54, 1.807) is 0 Å². The van der Waals surface area contributed by atoms with Crippen LogP contribution in [0.1, 0.15) is 4.28 Å². The van der Waals surface area contributed by atoms with Gasteiger partial charge in [-0.1, -0.05) is 0 Å². The molecular weight excluding hydrogens is 405 g/mol. The molecule has 0 radical (unpaired) electrons. The maximum atomic E-state index is 8.74. The first kappa shape index (κ1) is 38.2. The molecule has 0 unspecified atom stereocenters. The summed E-state index contributed by atoms with van der Waals surface area (Å²) in [5, 5.41) is 0. The summed E-state index contributed by atoms with van der Waals surface area (Å²) in [6.45, 7) is 0. The monoisotopic (exact) mass is 414 g/mol. The Morgan fingerprint density at radius 3 is 0.444 bits per heavy atom. The molecule has 0 aromatic rings. The molecule has 0 aliphatic rings. The molecule has 0 aromatic carbocycles. The maximum absolute atomic E-state index is 8.74. The Morgan fingerprint density at radius 2 is 0.444 bits per heavy atom. The van der Waals surface area contributed by atoms with Crippen molar-refractivity contribution in [2.24, 2.45) is 0 Å². The van der Waals surface area contributed by atoms with Crippen LogP contribution in [0.25, 0.3) is 0 Å². The molecule has 6 N–H and O–H groups in total. The SMILES string of the molecule is O=S(=O)(O)O.O=S(=O)(O)O.O=S(=O)(O)O.[H-].[H-].[H-].[K+].[K+].[K+]. The Morgan fingerprint density at radius 1 is 0.444 bits per heavy atom. The minimum Gasteiger partial charge on any atom is -1.00 e. The normalized spacial score (nSPS) is 9.67. The fourth-order valence-electron chi connectivity index (χ4n) is 0. The van der Waals surface area contributed by atoms with Gasteiger partial charge in [-0.15, -0.1) is 0 Å². The average Bonchev–Trinajstić information content (AvgIpc) is 1.41. The average molecular weight is 415 g/mol. The molecule has 0 heterocycles. The van der Waals surface area contributed by atoms with Gasteiger partial charge in [-0.05, 0) is 0 Å². The summed E-state index contributed by atoms with van der Waals surface area (Å²) in [6.07, 6.45) is 0. The summed E-state index contributed by atoms with van der Waals surface area (Å²) in [6, 6.07) is 0. The predicted octanol–water partition coefficient (Wildman–Crippen LogP) is -10.6. The van der Waals surface area contributed by atoms with Crippen LogP contribution in [-0.4, -0.2) is 52.6 Å². The second-order valence-corrected chi connectivity index (χ2v) is 4.03. The summed E-state index contributed by atoms with van der Waals surface area (Å²) in [7, 11) is -14.0. The Labute approximate surface area is 236 Å². The van der Waals surface area contributed by atoms with E-state index >= 15 is 0 Å². The van der Waals surface area contributed by atoms with Crippen LogP contribution in [0.5, 0.6) is 0 Å². The first-order chi connectivity index (χ1) is 6.00. The summed E-state index contributed by atoms with van der Waals surface area (Å²) >= 11 is 0. The minimum absolute atomic E-state index is 0. The molecule has 18 heteroatoms. The first-order valence-corrected chi connectivity index (χ1v) is 6.29. The van der Waals surface area contributed by atoms with Gasteiger partial charge in [0.15, 0.2) is 0 Å². The molecule has 12 nitrogen and oxygen atoms in total. The van der Waals surface area contributed by atoms with Crippen molar-refractivity contribution in [2.45, 2.75) is 0 Å². The molecule has 0 saturated heterocycles. The Balaban J connectivity index is -0.0000000129. The van der Waals surface area contributed by atoms with Crippen LogP contribution in [0.3, 0.4) is 0 Å². The maximum Gasteiger partial charge on any atom is 1.00 e. The molecule has 0 rings (SSSR count). The van der Waals surface area contributed by atoms with E-state index in [2.05, 4.69) is 0 Å². The largest absolute Gasteiger partial charge is 1.00 e. The smallest absolute Gasteiger partial charge is 1.00 e. The van der Waals surface area contributed by atoms with Crippen LogP contribution in [0.2, 0.25) is 0 Å². The van der Waals surface area contributed by atoms with Gasteiger partial charge in [0.25, 0.3) is 0 Å². The number of rotatable bonds is 0. The minimum atomic E-state index is -4.67. The molecule has 0 aliphatic heterocycles. The second-order valence-electron chi connectivity index (χ2n) is 1.34. The van der Waals surface area contributed by atoms with Crippen molar-refractivity contribution >= 4 is 31.2 Å². The topological polar surface area (TPSA) is 224 Å². The molecule has 0 fully saturated rings. The molecule has 18 heavy (non-hydrogen) atoms. The molecule has 0 saturated carbocycles. The third kappa shape index (κ3) is 383. The van der Waals surface area contributed by atoms with Gasteiger partial charge in [0, 0.05) is 0 Å². The van der Waals surface area contributed by atoms with E-state index in [1.807, 2.05) is 0 Å². The molecule has 0 aliphatic carbocycles. The molecule has 0 atom stereocenters. The second kappa shape index (κ2) is 17.9. The van der Waals surface area contributed by atoms with E-state index in [0.29, 0.717) is 0 Å². The van der Waals surface area contributed by atoms with Crippen molar-refractivity contribution in [3.8, 4) is 0 Å². The van der Waals surface area contributed by atoms with Crippen molar-refractivity contribution < 1.29 is 211 Å². The van der Waals surface area contributed by atoms with Gasteiger partial charge in [0.05, 0.1) is 0 Å². The van der Waals surface area contributed by atoms with Gasteiger partial charge in [0.1, 0.15) is 0 Å². The number of hydrogen-bond acceptors (Lipinski definition) is 6. The van der Waals surface area contributed by atoms with Crippen LogP contribution in [-0.2, 0) is 31.2 Å². The van der Waals surface area contributed by atoms with Crippen LogP contribution < -0.4 is 154 Å². The van der Waals surface area contributed by atoms with Crippen LogP contribution in [0.15, 0.2) is 0 Å². The Kier molecular flexibility index (Phi) is 37.9. The molecule has 0 amide bonds. The van der Waals surface area contributed by atoms with Crippen molar-refractivity contribution in [3.63, 3.8) is 0 Å². The molecule has 0 aromatic heterocycles. The van der Waals surface area contributed by atoms with Gasteiger partial charge < -0.3 is 4.28 Å². The van der Waals surface area contributed by atoms with Crippen LogP contribution in [0.4, 0.5) is 0 Å². The predicted molar refractivity (Wildman–Crippen MR) is 45.9 cm³/mol. The van der Waals surface area contributed by atoms with Gasteiger partial charge in [-0.25, -0.2) is 0 Å².